The number of carbonyl (C=O) groups is 3. The van der Waals surface area contributed by atoms with E-state index in [1.165, 1.54) is 4.90 Å². The van der Waals surface area contributed by atoms with Crippen molar-refractivity contribution in [2.45, 2.75) is 38.4 Å². The summed E-state index contributed by atoms with van der Waals surface area (Å²) in [6.45, 7) is 5.33. The molecule has 2 N–H and O–H groups in total. The number of amides is 4. The first-order valence-corrected chi connectivity index (χ1v) is 8.60. The van der Waals surface area contributed by atoms with Gasteiger partial charge in [-0.15, -0.1) is 0 Å². The molecule has 7 heteroatoms. The molecular formula is C18H24N4O3. The first kappa shape index (κ1) is 17.4. The van der Waals surface area contributed by atoms with Gasteiger partial charge in [0.15, 0.2) is 0 Å². The van der Waals surface area contributed by atoms with Gasteiger partial charge in [-0.05, 0) is 25.8 Å². The molecule has 1 atom stereocenters. The summed E-state index contributed by atoms with van der Waals surface area (Å²) in [4.78, 5) is 40.1. The summed E-state index contributed by atoms with van der Waals surface area (Å²) in [6, 6.07) is 9.20. The predicted molar refractivity (Wildman–Crippen MR) is 92.6 cm³/mol. The highest BCUT2D eigenvalue weighted by Crippen LogP contribution is 2.29. The molecule has 4 amide bonds. The second kappa shape index (κ2) is 6.84. The molecule has 25 heavy (non-hydrogen) atoms. The van der Waals surface area contributed by atoms with E-state index < -0.39 is 5.54 Å². The SMILES string of the molecule is CC(C)N1C(=O)NC2(CCN(CC(=O)NCc3ccccc3)C2)C1=O. The lowest BCUT2D eigenvalue weighted by molar-refractivity contribution is -0.132. The average molecular weight is 344 g/mol. The van der Waals surface area contributed by atoms with E-state index in [-0.39, 0.29) is 30.4 Å². The first-order valence-electron chi connectivity index (χ1n) is 8.60. The number of hydrogen-bond acceptors (Lipinski definition) is 4. The molecule has 0 saturated carbocycles. The topological polar surface area (TPSA) is 81.8 Å². The number of likely N-dealkylation sites (tertiary alicyclic amines) is 1. The van der Waals surface area contributed by atoms with Gasteiger partial charge in [-0.1, -0.05) is 30.3 Å². The number of urea groups is 1. The number of hydrogen-bond donors (Lipinski definition) is 2. The van der Waals surface area contributed by atoms with Crippen LogP contribution in [-0.4, -0.2) is 58.9 Å². The van der Waals surface area contributed by atoms with Gasteiger partial charge in [0.2, 0.25) is 5.91 Å². The fourth-order valence-corrected chi connectivity index (χ4v) is 3.47. The number of benzene rings is 1. The van der Waals surface area contributed by atoms with E-state index in [1.807, 2.05) is 49.1 Å². The highest BCUT2D eigenvalue weighted by atomic mass is 16.2. The van der Waals surface area contributed by atoms with Crippen LogP contribution in [0.2, 0.25) is 0 Å². The first-order chi connectivity index (χ1) is 11.9. The zero-order valence-corrected chi connectivity index (χ0v) is 14.6. The summed E-state index contributed by atoms with van der Waals surface area (Å²) in [5, 5.41) is 5.72. The number of carbonyl (C=O) groups excluding carboxylic acids is 3. The third-order valence-electron chi connectivity index (χ3n) is 4.76. The number of imide groups is 1. The van der Waals surface area contributed by atoms with Gasteiger partial charge in [-0.2, -0.15) is 0 Å². The quantitative estimate of drug-likeness (QED) is 0.771. The van der Waals surface area contributed by atoms with E-state index in [0.717, 1.165) is 5.56 Å². The molecule has 1 aromatic carbocycles. The maximum absolute atomic E-state index is 12.6. The van der Waals surface area contributed by atoms with E-state index in [4.69, 9.17) is 0 Å². The third-order valence-corrected chi connectivity index (χ3v) is 4.76. The zero-order chi connectivity index (χ0) is 18.0. The monoisotopic (exact) mass is 344 g/mol. The van der Waals surface area contributed by atoms with Crippen LogP contribution in [0.25, 0.3) is 0 Å². The summed E-state index contributed by atoms with van der Waals surface area (Å²) in [6.07, 6.45) is 0.534. The molecule has 0 aromatic heterocycles. The van der Waals surface area contributed by atoms with E-state index in [0.29, 0.717) is 26.1 Å². The molecule has 1 spiro atoms. The number of nitrogens with zero attached hydrogens (tertiary/aromatic N) is 2. The van der Waals surface area contributed by atoms with E-state index in [9.17, 15) is 14.4 Å². The Balaban J connectivity index is 1.54. The van der Waals surface area contributed by atoms with E-state index >= 15 is 0 Å². The summed E-state index contributed by atoms with van der Waals surface area (Å²) in [5.41, 5.74) is 0.167. The molecule has 1 unspecified atom stereocenters. The molecule has 3 rings (SSSR count). The van der Waals surface area contributed by atoms with Gasteiger partial charge >= 0.3 is 6.03 Å². The number of nitrogens with one attached hydrogen (secondary N) is 2. The minimum absolute atomic E-state index is 0.0848. The Labute approximate surface area is 147 Å². The molecule has 0 bridgehead atoms. The van der Waals surface area contributed by atoms with Gasteiger partial charge in [0.1, 0.15) is 5.54 Å². The molecule has 0 aliphatic carbocycles. The summed E-state index contributed by atoms with van der Waals surface area (Å²) < 4.78 is 0. The highest BCUT2D eigenvalue weighted by molar-refractivity contribution is 6.07. The molecular weight excluding hydrogens is 320 g/mol. The van der Waals surface area contributed by atoms with Crippen LogP contribution in [0, 0.1) is 0 Å². The van der Waals surface area contributed by atoms with E-state index in [2.05, 4.69) is 10.6 Å². The highest BCUT2D eigenvalue weighted by Gasteiger charge is 2.55. The second-order valence-electron chi connectivity index (χ2n) is 7.00. The second-order valence-corrected chi connectivity index (χ2v) is 7.00. The van der Waals surface area contributed by atoms with Crippen LogP contribution in [-0.2, 0) is 16.1 Å². The van der Waals surface area contributed by atoms with Crippen LogP contribution < -0.4 is 10.6 Å². The predicted octanol–water partition coefficient (Wildman–Crippen LogP) is 0.708. The van der Waals surface area contributed by atoms with Crippen LogP contribution in [0.3, 0.4) is 0 Å². The minimum atomic E-state index is -0.874. The Bertz CT molecular complexity index is 676. The fraction of sp³-hybridized carbons (Fsp3) is 0.500. The van der Waals surface area contributed by atoms with Crippen molar-refractivity contribution >= 4 is 17.8 Å². The van der Waals surface area contributed by atoms with E-state index in [1.54, 1.807) is 0 Å². The minimum Gasteiger partial charge on any atom is -0.351 e. The fourth-order valence-electron chi connectivity index (χ4n) is 3.47. The van der Waals surface area contributed by atoms with Gasteiger partial charge in [-0.3, -0.25) is 19.4 Å². The summed E-state index contributed by atoms with van der Waals surface area (Å²) in [7, 11) is 0. The lowest BCUT2D eigenvalue weighted by Crippen LogP contribution is -2.50. The molecule has 134 valence electrons. The average Bonchev–Trinajstić information content (AvgIpc) is 3.07. The van der Waals surface area contributed by atoms with Crippen molar-refractivity contribution in [1.82, 2.24) is 20.4 Å². The number of rotatable bonds is 5. The molecule has 2 saturated heterocycles. The van der Waals surface area contributed by atoms with Gasteiger partial charge in [0.25, 0.3) is 5.91 Å². The molecule has 0 radical (unpaired) electrons. The Morgan fingerprint density at radius 3 is 2.64 bits per heavy atom. The Morgan fingerprint density at radius 2 is 2.00 bits per heavy atom. The molecule has 2 fully saturated rings. The van der Waals surface area contributed by atoms with Crippen molar-refractivity contribution in [3.05, 3.63) is 35.9 Å². The van der Waals surface area contributed by atoms with Gasteiger partial charge in [0, 0.05) is 25.7 Å². The maximum atomic E-state index is 12.6. The Kier molecular flexibility index (Phi) is 4.76. The molecule has 2 aliphatic rings. The van der Waals surface area contributed by atoms with Crippen LogP contribution in [0.5, 0.6) is 0 Å². The lowest BCUT2D eigenvalue weighted by Gasteiger charge is -2.23. The van der Waals surface area contributed by atoms with Crippen molar-refractivity contribution in [2.75, 3.05) is 19.6 Å². The van der Waals surface area contributed by atoms with Crippen molar-refractivity contribution in [3.8, 4) is 0 Å². The van der Waals surface area contributed by atoms with Crippen LogP contribution in [0.15, 0.2) is 30.3 Å². The van der Waals surface area contributed by atoms with Crippen molar-refractivity contribution in [3.63, 3.8) is 0 Å². The zero-order valence-electron chi connectivity index (χ0n) is 14.6. The maximum Gasteiger partial charge on any atom is 0.325 e. The lowest BCUT2D eigenvalue weighted by atomic mass is 9.98. The van der Waals surface area contributed by atoms with Crippen LogP contribution >= 0.6 is 0 Å². The smallest absolute Gasteiger partial charge is 0.325 e. The van der Waals surface area contributed by atoms with Crippen LogP contribution in [0.1, 0.15) is 25.8 Å². The summed E-state index contributed by atoms with van der Waals surface area (Å²) in [5.74, 6) is -0.266. The van der Waals surface area contributed by atoms with Gasteiger partial charge in [-0.25, -0.2) is 4.79 Å². The molecule has 1 aromatic rings. The van der Waals surface area contributed by atoms with Crippen LogP contribution in [0.4, 0.5) is 4.79 Å². The van der Waals surface area contributed by atoms with Crippen molar-refractivity contribution < 1.29 is 14.4 Å². The molecule has 2 heterocycles. The van der Waals surface area contributed by atoms with Gasteiger partial charge in [0.05, 0.1) is 6.54 Å². The normalized spacial score (nSPS) is 23.6. The standard InChI is InChI=1S/C18H24N4O3/c1-13(2)22-16(24)18(20-17(22)25)8-9-21(12-18)11-15(23)19-10-14-6-4-3-5-7-14/h3-7,13H,8-12H2,1-2H3,(H,19,23)(H,20,25). The molecule has 2 aliphatic heterocycles. The Morgan fingerprint density at radius 1 is 1.28 bits per heavy atom. The molecule has 7 nitrogen and oxygen atoms in total. The summed E-state index contributed by atoms with van der Waals surface area (Å²) >= 11 is 0. The Hall–Kier alpha value is -2.41. The van der Waals surface area contributed by atoms with Gasteiger partial charge < -0.3 is 10.6 Å². The van der Waals surface area contributed by atoms with Crippen molar-refractivity contribution in [2.24, 2.45) is 0 Å². The van der Waals surface area contributed by atoms with Crippen molar-refractivity contribution in [1.29, 1.82) is 0 Å². The largest absolute Gasteiger partial charge is 0.351 e. The third kappa shape index (κ3) is 3.51.